The van der Waals surface area contributed by atoms with Crippen molar-refractivity contribution in [1.82, 2.24) is 4.98 Å². The molecular formula is C18H23N3O3. The van der Waals surface area contributed by atoms with Crippen molar-refractivity contribution in [2.24, 2.45) is 11.1 Å². The Morgan fingerprint density at radius 2 is 2.12 bits per heavy atom. The fourth-order valence-corrected chi connectivity index (χ4v) is 3.51. The number of benzene rings is 1. The number of nitrogens with two attached hydrogens (primary N) is 1. The lowest BCUT2D eigenvalue weighted by molar-refractivity contribution is 0.0695. The minimum absolute atomic E-state index is 0.0141. The van der Waals surface area contributed by atoms with Crippen LogP contribution in [-0.4, -0.2) is 35.2 Å². The van der Waals surface area contributed by atoms with Crippen LogP contribution in [0.25, 0.3) is 10.9 Å². The number of aromatic carboxylic acids is 1. The summed E-state index contributed by atoms with van der Waals surface area (Å²) < 4.78 is 0. The van der Waals surface area contributed by atoms with Crippen LogP contribution < -0.4 is 16.1 Å². The first-order valence-corrected chi connectivity index (χ1v) is 8.11. The molecule has 128 valence electrons. The Kier molecular flexibility index (Phi) is 3.87. The third kappa shape index (κ3) is 2.57. The standard InChI is InChI=1S/C18H23N3O3/c1-10-13(21-7-6-14(19)18(2,3)9-21)5-4-11-15(10)20-8-12(16(11)22)17(23)24/h4-5,8,14H,6-7,9,19H2,1-3H3,(H,20,22)(H,23,24). The molecule has 0 amide bonds. The van der Waals surface area contributed by atoms with Gasteiger partial charge in [-0.25, -0.2) is 4.79 Å². The van der Waals surface area contributed by atoms with Crippen molar-refractivity contribution >= 4 is 22.6 Å². The number of piperidine rings is 1. The molecule has 2 heterocycles. The first-order valence-electron chi connectivity index (χ1n) is 8.11. The summed E-state index contributed by atoms with van der Waals surface area (Å²) in [6.45, 7) is 8.00. The van der Waals surface area contributed by atoms with Gasteiger partial charge in [0.15, 0.2) is 0 Å². The zero-order valence-corrected chi connectivity index (χ0v) is 14.2. The number of H-pyrrole nitrogens is 1. The summed E-state index contributed by atoms with van der Waals surface area (Å²) in [5, 5.41) is 9.50. The fourth-order valence-electron chi connectivity index (χ4n) is 3.51. The van der Waals surface area contributed by atoms with Crippen LogP contribution in [0.5, 0.6) is 0 Å². The lowest BCUT2D eigenvalue weighted by Gasteiger charge is -2.44. The van der Waals surface area contributed by atoms with E-state index in [9.17, 15) is 9.59 Å². The molecule has 0 radical (unpaired) electrons. The lowest BCUT2D eigenvalue weighted by atomic mass is 9.79. The number of anilines is 1. The maximum Gasteiger partial charge on any atom is 0.341 e. The number of aromatic amines is 1. The number of nitrogens with zero attached hydrogens (tertiary/aromatic N) is 1. The van der Waals surface area contributed by atoms with Crippen molar-refractivity contribution in [3.63, 3.8) is 0 Å². The molecule has 1 unspecified atom stereocenters. The summed E-state index contributed by atoms with van der Waals surface area (Å²) in [6, 6.07) is 3.79. The Balaban J connectivity index is 2.09. The van der Waals surface area contributed by atoms with Crippen LogP contribution >= 0.6 is 0 Å². The molecule has 0 bridgehead atoms. The quantitative estimate of drug-likeness (QED) is 0.783. The van der Waals surface area contributed by atoms with E-state index in [1.807, 2.05) is 13.0 Å². The first-order chi connectivity index (χ1) is 11.2. The summed E-state index contributed by atoms with van der Waals surface area (Å²) in [4.78, 5) is 28.7. The molecule has 1 atom stereocenters. The minimum Gasteiger partial charge on any atom is -0.477 e. The molecule has 1 fully saturated rings. The van der Waals surface area contributed by atoms with Gasteiger partial charge in [0.25, 0.3) is 0 Å². The largest absolute Gasteiger partial charge is 0.477 e. The molecule has 2 aromatic rings. The number of carboxylic acids is 1. The Morgan fingerprint density at radius 1 is 1.42 bits per heavy atom. The van der Waals surface area contributed by atoms with E-state index in [4.69, 9.17) is 10.8 Å². The number of fused-ring (bicyclic) bond motifs is 1. The van der Waals surface area contributed by atoms with Crippen LogP contribution in [0.3, 0.4) is 0 Å². The van der Waals surface area contributed by atoms with Crippen LogP contribution in [0.4, 0.5) is 5.69 Å². The Morgan fingerprint density at radius 3 is 2.75 bits per heavy atom. The van der Waals surface area contributed by atoms with Gasteiger partial charge in [0.2, 0.25) is 5.43 Å². The van der Waals surface area contributed by atoms with Gasteiger partial charge in [-0.05, 0) is 36.5 Å². The minimum atomic E-state index is -1.22. The van der Waals surface area contributed by atoms with Crippen LogP contribution in [0, 0.1) is 12.3 Å². The van der Waals surface area contributed by atoms with Gasteiger partial charge in [0, 0.05) is 36.4 Å². The summed E-state index contributed by atoms with van der Waals surface area (Å²) in [5.74, 6) is -1.22. The predicted molar refractivity (Wildman–Crippen MR) is 94.9 cm³/mol. The van der Waals surface area contributed by atoms with Gasteiger partial charge in [-0.1, -0.05) is 13.8 Å². The van der Waals surface area contributed by atoms with Gasteiger partial charge in [-0.2, -0.15) is 0 Å². The van der Waals surface area contributed by atoms with E-state index < -0.39 is 11.4 Å². The van der Waals surface area contributed by atoms with E-state index in [0.29, 0.717) is 10.9 Å². The average Bonchev–Trinajstić information content (AvgIpc) is 2.51. The van der Waals surface area contributed by atoms with Gasteiger partial charge < -0.3 is 20.7 Å². The van der Waals surface area contributed by atoms with Gasteiger partial charge in [-0.3, -0.25) is 4.79 Å². The zero-order valence-electron chi connectivity index (χ0n) is 14.2. The van der Waals surface area contributed by atoms with Gasteiger partial charge in [0.1, 0.15) is 5.56 Å². The highest BCUT2D eigenvalue weighted by atomic mass is 16.4. The lowest BCUT2D eigenvalue weighted by Crippen LogP contribution is -2.52. The molecular weight excluding hydrogens is 306 g/mol. The van der Waals surface area contributed by atoms with Gasteiger partial charge >= 0.3 is 5.97 Å². The predicted octanol–water partition coefficient (Wildman–Crippen LogP) is 2.10. The maximum atomic E-state index is 12.3. The second-order valence-corrected chi connectivity index (χ2v) is 7.27. The molecule has 6 nitrogen and oxygen atoms in total. The van der Waals surface area contributed by atoms with Crippen LogP contribution in [-0.2, 0) is 0 Å². The maximum absolute atomic E-state index is 12.3. The number of aromatic nitrogens is 1. The van der Waals surface area contributed by atoms with E-state index in [-0.39, 0.29) is 17.0 Å². The highest BCUT2D eigenvalue weighted by Crippen LogP contribution is 2.34. The number of carboxylic acid groups (broad SMARTS) is 1. The normalized spacial score (nSPS) is 20.3. The topological polar surface area (TPSA) is 99.4 Å². The summed E-state index contributed by atoms with van der Waals surface area (Å²) in [5.41, 5.74) is 8.24. The Bertz CT molecular complexity index is 870. The molecule has 3 rings (SSSR count). The van der Waals surface area contributed by atoms with Crippen molar-refractivity contribution in [1.29, 1.82) is 0 Å². The number of nitrogens with one attached hydrogen (secondary N) is 1. The fraction of sp³-hybridized carbons (Fsp3) is 0.444. The highest BCUT2D eigenvalue weighted by molar-refractivity contribution is 5.94. The van der Waals surface area contributed by atoms with E-state index in [1.54, 1.807) is 6.07 Å². The number of rotatable bonds is 2. The molecule has 6 heteroatoms. The summed E-state index contributed by atoms with van der Waals surface area (Å²) >= 11 is 0. The smallest absolute Gasteiger partial charge is 0.341 e. The molecule has 4 N–H and O–H groups in total. The van der Waals surface area contributed by atoms with Crippen LogP contribution in [0.1, 0.15) is 36.2 Å². The Hall–Kier alpha value is -2.34. The first kappa shape index (κ1) is 16.5. The Labute approximate surface area is 140 Å². The SMILES string of the molecule is Cc1c(N2CCC(N)C(C)(C)C2)ccc2c(=O)c(C(=O)O)c[nH]c12. The zero-order chi connectivity index (χ0) is 17.6. The molecule has 24 heavy (non-hydrogen) atoms. The summed E-state index contributed by atoms with van der Waals surface area (Å²) in [6.07, 6.45) is 2.19. The molecule has 1 saturated heterocycles. The second kappa shape index (κ2) is 5.63. The number of carbonyl (C=O) groups is 1. The van der Waals surface area contributed by atoms with Gasteiger partial charge in [-0.15, -0.1) is 0 Å². The van der Waals surface area contributed by atoms with Crippen LogP contribution in [0.15, 0.2) is 23.1 Å². The highest BCUT2D eigenvalue weighted by Gasteiger charge is 2.34. The third-order valence-electron chi connectivity index (χ3n) is 5.17. The van der Waals surface area contributed by atoms with Crippen molar-refractivity contribution in [2.75, 3.05) is 18.0 Å². The molecule has 1 aromatic heterocycles. The van der Waals surface area contributed by atoms with Crippen molar-refractivity contribution < 1.29 is 9.90 Å². The molecule has 0 aliphatic carbocycles. The average molecular weight is 329 g/mol. The molecule has 0 saturated carbocycles. The van der Waals surface area contributed by atoms with Crippen LogP contribution in [0.2, 0.25) is 0 Å². The molecule has 1 aliphatic rings. The van der Waals surface area contributed by atoms with Crippen molar-refractivity contribution in [3.8, 4) is 0 Å². The van der Waals surface area contributed by atoms with E-state index in [1.165, 1.54) is 6.20 Å². The van der Waals surface area contributed by atoms with Crippen molar-refractivity contribution in [2.45, 2.75) is 33.2 Å². The third-order valence-corrected chi connectivity index (χ3v) is 5.17. The number of hydrogen-bond acceptors (Lipinski definition) is 4. The second-order valence-electron chi connectivity index (χ2n) is 7.27. The molecule has 0 spiro atoms. The molecule has 1 aliphatic heterocycles. The van der Waals surface area contributed by atoms with Crippen molar-refractivity contribution in [3.05, 3.63) is 39.7 Å². The monoisotopic (exact) mass is 329 g/mol. The number of hydrogen-bond donors (Lipinski definition) is 3. The number of pyridine rings is 1. The van der Waals surface area contributed by atoms with E-state index >= 15 is 0 Å². The van der Waals surface area contributed by atoms with E-state index in [2.05, 4.69) is 23.7 Å². The number of aryl methyl sites for hydroxylation is 1. The van der Waals surface area contributed by atoms with Gasteiger partial charge in [0.05, 0.1) is 5.52 Å². The summed E-state index contributed by atoms with van der Waals surface area (Å²) in [7, 11) is 0. The van der Waals surface area contributed by atoms with E-state index in [0.717, 1.165) is 30.8 Å². The molecule has 1 aromatic carbocycles.